The Morgan fingerprint density at radius 3 is 2.39 bits per heavy atom. The van der Waals surface area contributed by atoms with Crippen LogP contribution in [0.5, 0.6) is 5.75 Å². The van der Waals surface area contributed by atoms with Crippen LogP contribution >= 0.6 is 0 Å². The number of hydrogen-bond acceptors (Lipinski definition) is 4. The lowest BCUT2D eigenvalue weighted by Crippen LogP contribution is -2.67. The van der Waals surface area contributed by atoms with E-state index in [0.29, 0.717) is 6.61 Å². The van der Waals surface area contributed by atoms with Crippen LogP contribution in [0.3, 0.4) is 0 Å². The van der Waals surface area contributed by atoms with Crippen LogP contribution in [0.1, 0.15) is 5.56 Å². The molecule has 5 nitrogen and oxygen atoms in total. The van der Waals surface area contributed by atoms with Crippen LogP contribution in [0.4, 0.5) is 5.69 Å². The molecule has 5 heteroatoms. The molecule has 2 atom stereocenters. The van der Waals surface area contributed by atoms with Gasteiger partial charge in [-0.2, -0.15) is 0 Å². The predicted octanol–water partition coefficient (Wildman–Crippen LogP) is 1.99. The molecule has 2 aromatic rings. The fraction of sp³-hybridized carbons (Fsp3) is 0.278. The van der Waals surface area contributed by atoms with Gasteiger partial charge in [-0.3, -0.25) is 4.79 Å². The van der Waals surface area contributed by atoms with Crippen molar-refractivity contribution in [3.8, 4) is 5.75 Å². The molecule has 1 saturated heterocycles. The zero-order valence-corrected chi connectivity index (χ0v) is 12.9. The van der Waals surface area contributed by atoms with Crippen molar-refractivity contribution in [3.05, 3.63) is 60.2 Å². The van der Waals surface area contributed by atoms with Crippen molar-refractivity contribution >= 4 is 11.6 Å². The molecule has 0 spiro atoms. The molecule has 2 aromatic carbocycles. The molecule has 3 rings (SSSR count). The van der Waals surface area contributed by atoms with Crippen molar-refractivity contribution < 1.29 is 19.4 Å². The maximum atomic E-state index is 12.4. The number of rotatable bonds is 6. The number of amides is 1. The van der Waals surface area contributed by atoms with E-state index >= 15 is 0 Å². The predicted molar refractivity (Wildman–Crippen MR) is 86.4 cm³/mol. The fourth-order valence-electron chi connectivity index (χ4n) is 2.70. The number of carbonyl (C=O) groups excluding carboxylic acids is 1. The Labute approximate surface area is 135 Å². The van der Waals surface area contributed by atoms with Crippen LogP contribution in [0.15, 0.2) is 54.6 Å². The third kappa shape index (κ3) is 3.06. The van der Waals surface area contributed by atoms with Gasteiger partial charge in [-0.15, -0.1) is 0 Å². The molecule has 1 aliphatic rings. The molecule has 1 aliphatic heterocycles. The van der Waals surface area contributed by atoms with E-state index in [9.17, 15) is 9.90 Å². The van der Waals surface area contributed by atoms with Crippen molar-refractivity contribution in [3.63, 3.8) is 0 Å². The van der Waals surface area contributed by atoms with E-state index in [1.54, 1.807) is 36.3 Å². The summed E-state index contributed by atoms with van der Waals surface area (Å²) in [6, 6.07) is 16.5. The third-order valence-electron chi connectivity index (χ3n) is 3.97. The second kappa shape index (κ2) is 6.81. The Bertz CT molecular complexity index is 656. The summed E-state index contributed by atoms with van der Waals surface area (Å²) in [5, 5.41) is 9.61. The molecule has 1 fully saturated rings. The first-order valence-corrected chi connectivity index (χ1v) is 7.48. The van der Waals surface area contributed by atoms with Gasteiger partial charge < -0.3 is 19.5 Å². The molecule has 120 valence electrons. The van der Waals surface area contributed by atoms with Crippen LogP contribution in [-0.2, 0) is 16.1 Å². The lowest BCUT2D eigenvalue weighted by Gasteiger charge is -2.45. The number of anilines is 1. The van der Waals surface area contributed by atoms with Gasteiger partial charge in [0.1, 0.15) is 5.75 Å². The zero-order valence-electron chi connectivity index (χ0n) is 12.9. The van der Waals surface area contributed by atoms with Gasteiger partial charge in [0, 0.05) is 5.69 Å². The number of ether oxygens (including phenoxy) is 2. The molecule has 1 heterocycles. The number of β-lactam (4-membered cyclic amide) rings is 1. The van der Waals surface area contributed by atoms with Crippen LogP contribution in [0.2, 0.25) is 0 Å². The summed E-state index contributed by atoms with van der Waals surface area (Å²) in [6.45, 7) is 0.210. The van der Waals surface area contributed by atoms with E-state index in [-0.39, 0.29) is 18.6 Å². The van der Waals surface area contributed by atoms with Gasteiger partial charge in [0.25, 0.3) is 5.91 Å². The fourth-order valence-corrected chi connectivity index (χ4v) is 2.70. The smallest absolute Gasteiger partial charge is 0.258 e. The summed E-state index contributed by atoms with van der Waals surface area (Å²) in [6.07, 6.45) is -0.609. The highest BCUT2D eigenvalue weighted by Crippen LogP contribution is 2.31. The maximum absolute atomic E-state index is 12.4. The molecule has 0 aromatic heterocycles. The van der Waals surface area contributed by atoms with Crippen LogP contribution in [0.25, 0.3) is 0 Å². The first kappa shape index (κ1) is 15.5. The average molecular weight is 313 g/mol. The van der Waals surface area contributed by atoms with E-state index in [1.807, 2.05) is 30.3 Å². The normalized spacial score (nSPS) is 20.3. The van der Waals surface area contributed by atoms with Crippen molar-refractivity contribution in [2.75, 3.05) is 18.6 Å². The van der Waals surface area contributed by atoms with Gasteiger partial charge in [0.15, 0.2) is 6.10 Å². The van der Waals surface area contributed by atoms with Gasteiger partial charge in [0.2, 0.25) is 0 Å². The second-order valence-electron chi connectivity index (χ2n) is 5.37. The van der Waals surface area contributed by atoms with E-state index in [0.717, 1.165) is 17.0 Å². The van der Waals surface area contributed by atoms with Gasteiger partial charge in [-0.25, -0.2) is 0 Å². The number of hydrogen-bond donors (Lipinski definition) is 1. The monoisotopic (exact) mass is 313 g/mol. The van der Waals surface area contributed by atoms with Crippen molar-refractivity contribution in [1.82, 2.24) is 0 Å². The van der Waals surface area contributed by atoms with Crippen LogP contribution < -0.4 is 9.64 Å². The summed E-state index contributed by atoms with van der Waals surface area (Å²) < 4.78 is 10.8. The van der Waals surface area contributed by atoms with Gasteiger partial charge >= 0.3 is 0 Å². The maximum Gasteiger partial charge on any atom is 0.258 e. The standard InChI is InChI=1S/C18H19NO4/c1-22-15-9-7-14(8-10-15)19-16(11-20)17(18(19)21)23-12-13-5-3-2-4-6-13/h2-10,16-17,20H,11-12H2,1H3/t16-,17?/m0/s1. The van der Waals surface area contributed by atoms with Gasteiger partial charge in [-0.1, -0.05) is 30.3 Å². The molecule has 23 heavy (non-hydrogen) atoms. The minimum absolute atomic E-state index is 0.134. The lowest BCUT2D eigenvalue weighted by molar-refractivity contribution is -0.145. The molecule has 0 bridgehead atoms. The van der Waals surface area contributed by atoms with Gasteiger partial charge in [0.05, 0.1) is 26.4 Å². The first-order chi connectivity index (χ1) is 11.2. The van der Waals surface area contributed by atoms with E-state index < -0.39 is 6.10 Å². The topological polar surface area (TPSA) is 59.0 Å². The highest BCUT2D eigenvalue weighted by Gasteiger charge is 2.48. The number of aliphatic hydroxyl groups excluding tert-OH is 1. The summed E-state index contributed by atoms with van der Waals surface area (Å²) in [7, 11) is 1.59. The summed E-state index contributed by atoms with van der Waals surface area (Å²) >= 11 is 0. The Morgan fingerprint density at radius 2 is 1.78 bits per heavy atom. The van der Waals surface area contributed by atoms with E-state index in [2.05, 4.69) is 0 Å². The molecular formula is C18H19NO4. The van der Waals surface area contributed by atoms with Crippen LogP contribution in [-0.4, -0.2) is 36.9 Å². The third-order valence-corrected chi connectivity index (χ3v) is 3.97. The average Bonchev–Trinajstić information content (AvgIpc) is 2.61. The van der Waals surface area contributed by atoms with Crippen molar-refractivity contribution in [2.24, 2.45) is 0 Å². The molecular weight excluding hydrogens is 294 g/mol. The quantitative estimate of drug-likeness (QED) is 0.829. The molecule has 1 unspecified atom stereocenters. The SMILES string of the molecule is COc1ccc(N2C(=O)C(OCc3ccccc3)[C@@H]2CO)cc1. The summed E-state index contributed by atoms with van der Waals surface area (Å²) in [4.78, 5) is 13.9. The molecule has 0 aliphatic carbocycles. The zero-order chi connectivity index (χ0) is 16.2. The van der Waals surface area contributed by atoms with Crippen molar-refractivity contribution in [1.29, 1.82) is 0 Å². The number of methoxy groups -OCH3 is 1. The highest BCUT2D eigenvalue weighted by molar-refractivity contribution is 6.04. The summed E-state index contributed by atoms with van der Waals surface area (Å²) in [5.41, 5.74) is 1.73. The van der Waals surface area contributed by atoms with Crippen molar-refractivity contribution in [2.45, 2.75) is 18.8 Å². The largest absolute Gasteiger partial charge is 0.497 e. The number of aliphatic hydroxyl groups is 1. The number of benzene rings is 2. The Balaban J connectivity index is 1.67. The molecule has 1 N–H and O–H groups in total. The van der Waals surface area contributed by atoms with Crippen LogP contribution in [0, 0.1) is 0 Å². The first-order valence-electron chi connectivity index (χ1n) is 7.48. The molecule has 1 amide bonds. The lowest BCUT2D eigenvalue weighted by atomic mass is 9.97. The van der Waals surface area contributed by atoms with E-state index in [1.165, 1.54) is 0 Å². The summed E-state index contributed by atoms with van der Waals surface area (Å²) in [5.74, 6) is 0.587. The Hall–Kier alpha value is -2.37. The second-order valence-corrected chi connectivity index (χ2v) is 5.37. The molecule has 0 radical (unpaired) electrons. The highest BCUT2D eigenvalue weighted by atomic mass is 16.5. The van der Waals surface area contributed by atoms with Gasteiger partial charge in [-0.05, 0) is 29.8 Å². The minimum atomic E-state index is -0.609. The minimum Gasteiger partial charge on any atom is -0.497 e. The Morgan fingerprint density at radius 1 is 1.09 bits per heavy atom. The van der Waals surface area contributed by atoms with E-state index in [4.69, 9.17) is 9.47 Å². The molecule has 0 saturated carbocycles. The Kier molecular flexibility index (Phi) is 4.60. The number of nitrogens with zero attached hydrogens (tertiary/aromatic N) is 1. The number of carbonyl (C=O) groups is 1.